The predicted molar refractivity (Wildman–Crippen MR) is 76.0 cm³/mol. The summed E-state index contributed by atoms with van der Waals surface area (Å²) in [4.78, 5) is 12.4. The van der Waals surface area contributed by atoms with Gasteiger partial charge in [-0.3, -0.25) is 4.79 Å². The highest BCUT2D eigenvalue weighted by molar-refractivity contribution is 5.82. The Kier molecular flexibility index (Phi) is 3.15. The molecule has 1 aliphatic heterocycles. The van der Waals surface area contributed by atoms with E-state index < -0.39 is 6.29 Å². The van der Waals surface area contributed by atoms with Crippen molar-refractivity contribution in [3.8, 4) is 0 Å². The average Bonchev–Trinajstić information content (AvgIpc) is 2.43. The van der Waals surface area contributed by atoms with Gasteiger partial charge in [0.25, 0.3) is 0 Å². The summed E-state index contributed by atoms with van der Waals surface area (Å²) in [5.41, 5.74) is 3.23. The van der Waals surface area contributed by atoms with Gasteiger partial charge >= 0.3 is 0 Å². The third-order valence-corrected chi connectivity index (χ3v) is 3.97. The van der Waals surface area contributed by atoms with Crippen LogP contribution in [0.2, 0.25) is 0 Å². The Bertz CT molecular complexity index is 729. The summed E-state index contributed by atoms with van der Waals surface area (Å²) in [6, 6.07) is 3.82. The van der Waals surface area contributed by atoms with Crippen molar-refractivity contribution in [1.29, 1.82) is 0 Å². The van der Waals surface area contributed by atoms with E-state index in [-0.39, 0.29) is 11.5 Å². The van der Waals surface area contributed by atoms with Crippen molar-refractivity contribution < 1.29 is 13.9 Å². The van der Waals surface area contributed by atoms with Crippen molar-refractivity contribution in [1.82, 2.24) is 0 Å². The number of benzene rings is 1. The number of fused-ring (bicyclic) bond motifs is 3. The molecule has 3 rings (SSSR count). The van der Waals surface area contributed by atoms with Gasteiger partial charge in [0, 0.05) is 12.7 Å². The standard InChI is InChI=1S/C16H18O4/c1-8-7-11-5-6-12-14(17)9(2)10(3)20-15(12)13(11)16(18-4)19-8/h5-6,8,16H,7H2,1-4H3/t8-,16+/m1/s1. The van der Waals surface area contributed by atoms with Gasteiger partial charge in [-0.05, 0) is 38.8 Å². The lowest BCUT2D eigenvalue weighted by Gasteiger charge is -2.29. The van der Waals surface area contributed by atoms with E-state index in [1.165, 1.54) is 0 Å². The van der Waals surface area contributed by atoms with Gasteiger partial charge in [0.05, 0.1) is 17.1 Å². The average molecular weight is 274 g/mol. The smallest absolute Gasteiger partial charge is 0.195 e. The minimum absolute atomic E-state index is 0.0139. The predicted octanol–water partition coefficient (Wildman–Crippen LogP) is 3.02. The number of methoxy groups -OCH3 is 1. The van der Waals surface area contributed by atoms with Crippen molar-refractivity contribution >= 4 is 11.0 Å². The summed E-state index contributed by atoms with van der Waals surface area (Å²) in [5, 5.41) is 0.590. The van der Waals surface area contributed by atoms with Gasteiger partial charge in [0.1, 0.15) is 11.3 Å². The Morgan fingerprint density at radius 1 is 1.30 bits per heavy atom. The van der Waals surface area contributed by atoms with E-state index in [9.17, 15) is 4.79 Å². The molecule has 0 spiro atoms. The molecule has 0 aliphatic carbocycles. The van der Waals surface area contributed by atoms with Gasteiger partial charge in [0.15, 0.2) is 11.7 Å². The van der Waals surface area contributed by atoms with Crippen LogP contribution in [-0.4, -0.2) is 13.2 Å². The van der Waals surface area contributed by atoms with E-state index in [1.807, 2.05) is 26.0 Å². The van der Waals surface area contributed by atoms with Crippen LogP contribution < -0.4 is 5.43 Å². The summed E-state index contributed by atoms with van der Waals surface area (Å²) >= 11 is 0. The summed E-state index contributed by atoms with van der Waals surface area (Å²) < 4.78 is 17.1. The highest BCUT2D eigenvalue weighted by Gasteiger charge is 2.29. The number of aryl methyl sites for hydroxylation is 1. The zero-order valence-corrected chi connectivity index (χ0v) is 12.1. The number of hydrogen-bond donors (Lipinski definition) is 0. The Morgan fingerprint density at radius 3 is 2.75 bits per heavy atom. The summed E-state index contributed by atoms with van der Waals surface area (Å²) in [5.74, 6) is 0.643. The SMILES string of the molecule is CO[C@H]1O[C@H](C)Cc2ccc3c(=O)c(C)c(C)oc3c21. The van der Waals surface area contributed by atoms with Crippen LogP contribution in [-0.2, 0) is 15.9 Å². The van der Waals surface area contributed by atoms with E-state index >= 15 is 0 Å². The molecule has 0 amide bonds. The quantitative estimate of drug-likeness (QED) is 0.802. The van der Waals surface area contributed by atoms with Crippen molar-refractivity contribution in [2.75, 3.05) is 7.11 Å². The first-order chi connectivity index (χ1) is 9.52. The number of rotatable bonds is 1. The van der Waals surface area contributed by atoms with Gasteiger partial charge in [-0.15, -0.1) is 0 Å². The monoisotopic (exact) mass is 274 g/mol. The minimum atomic E-state index is -0.484. The van der Waals surface area contributed by atoms with Crippen molar-refractivity contribution in [2.24, 2.45) is 0 Å². The summed E-state index contributed by atoms with van der Waals surface area (Å²) in [6.45, 7) is 5.60. The largest absolute Gasteiger partial charge is 0.460 e. The molecule has 1 aromatic heterocycles. The van der Waals surface area contributed by atoms with Crippen LogP contribution in [0.25, 0.3) is 11.0 Å². The van der Waals surface area contributed by atoms with Gasteiger partial charge in [-0.2, -0.15) is 0 Å². The van der Waals surface area contributed by atoms with Crippen LogP contribution in [0.3, 0.4) is 0 Å². The van der Waals surface area contributed by atoms with Gasteiger partial charge in [0.2, 0.25) is 0 Å². The molecular formula is C16H18O4. The van der Waals surface area contributed by atoms with Crippen LogP contribution in [0.5, 0.6) is 0 Å². The first-order valence-corrected chi connectivity index (χ1v) is 6.77. The molecule has 4 nitrogen and oxygen atoms in total. The normalized spacial score (nSPS) is 22.0. The molecule has 0 fully saturated rings. The first-order valence-electron chi connectivity index (χ1n) is 6.77. The second-order valence-corrected chi connectivity index (χ2v) is 5.35. The molecule has 20 heavy (non-hydrogen) atoms. The molecule has 2 aromatic rings. The van der Waals surface area contributed by atoms with E-state index in [0.29, 0.717) is 22.3 Å². The zero-order valence-electron chi connectivity index (χ0n) is 12.1. The molecule has 4 heteroatoms. The molecule has 0 radical (unpaired) electrons. The Labute approximate surface area is 117 Å². The molecule has 1 aromatic carbocycles. The maximum atomic E-state index is 12.4. The topological polar surface area (TPSA) is 48.7 Å². The van der Waals surface area contributed by atoms with Crippen LogP contribution in [0, 0.1) is 13.8 Å². The second-order valence-electron chi connectivity index (χ2n) is 5.35. The minimum Gasteiger partial charge on any atom is -0.460 e. The number of ether oxygens (including phenoxy) is 2. The third-order valence-electron chi connectivity index (χ3n) is 3.97. The van der Waals surface area contributed by atoms with Gasteiger partial charge in [-0.25, -0.2) is 0 Å². The van der Waals surface area contributed by atoms with Crippen LogP contribution >= 0.6 is 0 Å². The Hall–Kier alpha value is -1.65. The maximum absolute atomic E-state index is 12.4. The molecule has 0 saturated carbocycles. The fourth-order valence-electron chi connectivity index (χ4n) is 2.77. The second kappa shape index (κ2) is 4.72. The lowest BCUT2D eigenvalue weighted by atomic mass is 9.95. The summed E-state index contributed by atoms with van der Waals surface area (Å²) in [6.07, 6.45) is 0.396. The fraction of sp³-hybridized carbons (Fsp3) is 0.438. The molecule has 2 heterocycles. The van der Waals surface area contributed by atoms with Crippen LogP contribution in [0.1, 0.15) is 35.7 Å². The fourth-order valence-corrected chi connectivity index (χ4v) is 2.77. The molecule has 2 atom stereocenters. The zero-order chi connectivity index (χ0) is 14.4. The Morgan fingerprint density at radius 2 is 2.05 bits per heavy atom. The lowest BCUT2D eigenvalue weighted by molar-refractivity contribution is -0.162. The van der Waals surface area contributed by atoms with Crippen molar-refractivity contribution in [3.63, 3.8) is 0 Å². The van der Waals surface area contributed by atoms with Crippen LogP contribution in [0.15, 0.2) is 21.3 Å². The molecule has 0 unspecified atom stereocenters. The van der Waals surface area contributed by atoms with E-state index in [0.717, 1.165) is 17.5 Å². The highest BCUT2D eigenvalue weighted by atomic mass is 16.7. The molecule has 106 valence electrons. The molecule has 0 saturated heterocycles. The third kappa shape index (κ3) is 1.87. The molecule has 1 aliphatic rings. The first kappa shape index (κ1) is 13.3. The van der Waals surface area contributed by atoms with Crippen molar-refractivity contribution in [3.05, 3.63) is 44.8 Å². The van der Waals surface area contributed by atoms with E-state index in [4.69, 9.17) is 13.9 Å². The van der Waals surface area contributed by atoms with Gasteiger partial charge < -0.3 is 13.9 Å². The van der Waals surface area contributed by atoms with Crippen LogP contribution in [0.4, 0.5) is 0 Å². The van der Waals surface area contributed by atoms with E-state index in [2.05, 4.69) is 0 Å². The number of hydrogen-bond acceptors (Lipinski definition) is 4. The van der Waals surface area contributed by atoms with Gasteiger partial charge in [-0.1, -0.05) is 6.07 Å². The lowest BCUT2D eigenvalue weighted by Crippen LogP contribution is -2.25. The van der Waals surface area contributed by atoms with E-state index in [1.54, 1.807) is 14.0 Å². The molecule has 0 N–H and O–H groups in total. The maximum Gasteiger partial charge on any atom is 0.195 e. The Balaban J connectivity index is 2.38. The highest BCUT2D eigenvalue weighted by Crippen LogP contribution is 2.36. The molecular weight excluding hydrogens is 256 g/mol. The molecule has 0 bridgehead atoms. The summed E-state index contributed by atoms with van der Waals surface area (Å²) in [7, 11) is 1.60. The van der Waals surface area contributed by atoms with Crippen molar-refractivity contribution in [2.45, 2.75) is 39.6 Å².